The van der Waals surface area contributed by atoms with Gasteiger partial charge in [-0.1, -0.05) is 6.07 Å². The first-order chi connectivity index (χ1) is 16.1. The van der Waals surface area contributed by atoms with Crippen LogP contribution in [-0.2, 0) is 42.8 Å². The maximum atomic E-state index is 13.5. The molecule has 0 saturated heterocycles. The van der Waals surface area contributed by atoms with Crippen LogP contribution in [0.15, 0.2) is 12.3 Å². The minimum atomic E-state index is -3.67. The molecule has 2 aromatic rings. The first-order valence-electron chi connectivity index (χ1n) is 12.1. The minimum Gasteiger partial charge on any atom is -0.351 e. The Balaban J connectivity index is 1.39. The fourth-order valence-electron chi connectivity index (χ4n) is 6.10. The molecule has 1 fully saturated rings. The summed E-state index contributed by atoms with van der Waals surface area (Å²) in [4.78, 5) is 13.9. The summed E-state index contributed by atoms with van der Waals surface area (Å²) in [5, 5.41) is 6.82. The molecular weight excluding hydrogens is 452 g/mol. The number of sulfonamides is 1. The van der Waals surface area contributed by atoms with Crippen LogP contribution in [0.1, 0.15) is 59.5 Å². The summed E-state index contributed by atoms with van der Waals surface area (Å²) in [7, 11) is 2.34. The van der Waals surface area contributed by atoms with E-state index in [1.54, 1.807) is 10.9 Å². The number of primary amides is 1. The number of aromatic nitrogens is 2. The monoisotopic (exact) mass is 486 g/mol. The molecule has 5 rings (SSSR count). The third kappa shape index (κ3) is 4.17. The molecule has 0 radical (unpaired) electrons. The highest BCUT2D eigenvalue weighted by Gasteiger charge is 2.38. The van der Waals surface area contributed by atoms with E-state index in [0.29, 0.717) is 24.6 Å². The Morgan fingerprint density at radius 3 is 2.68 bits per heavy atom. The minimum absolute atomic E-state index is 0.237. The van der Waals surface area contributed by atoms with E-state index in [4.69, 9.17) is 5.73 Å². The number of urea groups is 1. The molecule has 1 aromatic carbocycles. The molecule has 3 aliphatic rings. The van der Waals surface area contributed by atoms with Gasteiger partial charge in [-0.15, -0.1) is 0 Å². The standard InChI is InChI=1S/C24H34N6O3S/c1-29(2)17-8-7-15(10-17)22-21(13-30(3)27-22)28-34(32,33)18-11-16-9-14-5-4-6-19(14)23(20(16)12-18)26-24(25)31/h9,13,15,17-18,28H,4-8,10-12H2,1-3H3,(H3,25,26,31). The molecule has 1 heterocycles. The van der Waals surface area contributed by atoms with E-state index in [1.807, 2.05) is 7.05 Å². The molecule has 10 heteroatoms. The average molecular weight is 487 g/mol. The molecule has 3 atom stereocenters. The van der Waals surface area contributed by atoms with Gasteiger partial charge in [0.1, 0.15) is 0 Å². The maximum absolute atomic E-state index is 13.5. The van der Waals surface area contributed by atoms with E-state index in [0.717, 1.165) is 66.6 Å². The summed E-state index contributed by atoms with van der Waals surface area (Å²) in [6.45, 7) is 0. The molecule has 184 valence electrons. The number of nitrogens with zero attached hydrogens (tertiary/aromatic N) is 3. The highest BCUT2D eigenvalue weighted by Crippen LogP contribution is 2.42. The number of hydrogen-bond donors (Lipinski definition) is 3. The van der Waals surface area contributed by atoms with Gasteiger partial charge < -0.3 is 16.0 Å². The van der Waals surface area contributed by atoms with E-state index in [1.165, 1.54) is 5.56 Å². The SMILES string of the molecule is CN(C)C1CCC(c2nn(C)cc2NS(=O)(=O)C2Cc3cc4c(c(NC(N)=O)c3C2)CCC4)C1. The fourth-order valence-corrected chi connectivity index (χ4v) is 7.52. The number of benzene rings is 1. The first kappa shape index (κ1) is 23.2. The molecule has 3 unspecified atom stereocenters. The first-order valence-corrected chi connectivity index (χ1v) is 13.6. The quantitative estimate of drug-likeness (QED) is 0.579. The van der Waals surface area contributed by atoms with Crippen molar-refractivity contribution in [3.63, 3.8) is 0 Å². The summed E-state index contributed by atoms with van der Waals surface area (Å²) >= 11 is 0. The zero-order valence-electron chi connectivity index (χ0n) is 20.1. The molecule has 4 N–H and O–H groups in total. The van der Waals surface area contributed by atoms with Crippen LogP contribution in [0.2, 0.25) is 0 Å². The van der Waals surface area contributed by atoms with Gasteiger partial charge in [-0.05, 0) is 87.7 Å². The Morgan fingerprint density at radius 2 is 1.97 bits per heavy atom. The van der Waals surface area contributed by atoms with E-state index in [9.17, 15) is 13.2 Å². The van der Waals surface area contributed by atoms with Crippen molar-refractivity contribution in [2.75, 3.05) is 24.1 Å². The maximum Gasteiger partial charge on any atom is 0.316 e. The van der Waals surface area contributed by atoms with E-state index >= 15 is 0 Å². The van der Waals surface area contributed by atoms with Crippen LogP contribution >= 0.6 is 0 Å². The van der Waals surface area contributed by atoms with Gasteiger partial charge >= 0.3 is 6.03 Å². The predicted molar refractivity (Wildman–Crippen MR) is 133 cm³/mol. The zero-order valence-corrected chi connectivity index (χ0v) is 20.9. The van der Waals surface area contributed by atoms with Crippen LogP contribution < -0.4 is 15.8 Å². The van der Waals surface area contributed by atoms with Crippen molar-refractivity contribution in [3.05, 3.63) is 40.2 Å². The van der Waals surface area contributed by atoms with Crippen molar-refractivity contribution in [2.24, 2.45) is 12.8 Å². The van der Waals surface area contributed by atoms with Gasteiger partial charge in [0.05, 0.1) is 16.6 Å². The topological polar surface area (TPSA) is 122 Å². The van der Waals surface area contributed by atoms with Crippen LogP contribution in [0.3, 0.4) is 0 Å². The lowest BCUT2D eigenvalue weighted by atomic mass is 9.99. The highest BCUT2D eigenvalue weighted by molar-refractivity contribution is 7.93. The molecule has 1 aromatic heterocycles. The third-order valence-corrected chi connectivity index (χ3v) is 9.51. The molecule has 3 aliphatic carbocycles. The molecular formula is C24H34N6O3S. The lowest BCUT2D eigenvalue weighted by Crippen LogP contribution is -2.29. The summed E-state index contributed by atoms with van der Waals surface area (Å²) < 4.78 is 31.7. The molecule has 0 aliphatic heterocycles. The molecule has 2 amide bonds. The summed E-state index contributed by atoms with van der Waals surface area (Å²) in [5.41, 5.74) is 11.8. The Labute approximate surface area is 201 Å². The van der Waals surface area contributed by atoms with Gasteiger partial charge in [0.15, 0.2) is 0 Å². The number of hydrogen-bond acceptors (Lipinski definition) is 5. The van der Waals surface area contributed by atoms with Crippen molar-refractivity contribution in [1.82, 2.24) is 14.7 Å². The van der Waals surface area contributed by atoms with E-state index in [2.05, 4.69) is 40.2 Å². The van der Waals surface area contributed by atoms with Gasteiger partial charge in [-0.25, -0.2) is 13.2 Å². The Kier molecular flexibility index (Phi) is 5.84. The lowest BCUT2D eigenvalue weighted by molar-refractivity contribution is 0.259. The molecule has 34 heavy (non-hydrogen) atoms. The number of rotatable bonds is 6. The van der Waals surface area contributed by atoms with Crippen molar-refractivity contribution in [3.8, 4) is 0 Å². The van der Waals surface area contributed by atoms with Crippen molar-refractivity contribution in [1.29, 1.82) is 0 Å². The smallest absolute Gasteiger partial charge is 0.316 e. The Hall–Kier alpha value is -2.59. The number of fused-ring (bicyclic) bond motifs is 2. The summed E-state index contributed by atoms with van der Waals surface area (Å²) in [6, 6.07) is 2.01. The van der Waals surface area contributed by atoms with Gasteiger partial charge in [0.2, 0.25) is 10.0 Å². The van der Waals surface area contributed by atoms with Crippen molar-refractivity contribution >= 4 is 27.4 Å². The van der Waals surface area contributed by atoms with E-state index in [-0.39, 0.29) is 5.92 Å². The van der Waals surface area contributed by atoms with Crippen LogP contribution in [-0.4, -0.2) is 54.5 Å². The molecule has 9 nitrogen and oxygen atoms in total. The largest absolute Gasteiger partial charge is 0.351 e. The van der Waals surface area contributed by atoms with Gasteiger partial charge in [0.25, 0.3) is 0 Å². The number of amides is 2. The van der Waals surface area contributed by atoms with Crippen molar-refractivity contribution in [2.45, 2.75) is 68.6 Å². The van der Waals surface area contributed by atoms with Crippen molar-refractivity contribution < 1.29 is 13.2 Å². The lowest BCUT2D eigenvalue weighted by Gasteiger charge is -2.19. The van der Waals surface area contributed by atoms with Gasteiger partial charge in [-0.2, -0.15) is 5.10 Å². The second-order valence-electron chi connectivity index (χ2n) is 10.3. The molecule has 0 spiro atoms. The Bertz CT molecular complexity index is 1240. The molecule has 1 saturated carbocycles. The number of nitrogens with one attached hydrogen (secondary N) is 2. The van der Waals surface area contributed by atoms with Crippen LogP contribution in [0.25, 0.3) is 0 Å². The van der Waals surface area contributed by atoms with E-state index < -0.39 is 21.3 Å². The number of nitrogens with two attached hydrogens (primary N) is 1. The molecule has 0 bridgehead atoms. The van der Waals surface area contributed by atoms with Crippen LogP contribution in [0, 0.1) is 0 Å². The van der Waals surface area contributed by atoms with Gasteiger partial charge in [0, 0.05) is 30.9 Å². The predicted octanol–water partition coefficient (Wildman–Crippen LogP) is 2.51. The number of carbonyl (C=O) groups is 1. The number of carbonyl (C=O) groups excluding carboxylic acids is 1. The number of anilines is 2. The van der Waals surface area contributed by atoms with Crippen LogP contribution in [0.4, 0.5) is 16.2 Å². The second kappa shape index (κ2) is 8.57. The highest BCUT2D eigenvalue weighted by atomic mass is 32.2. The number of aryl methyl sites for hydroxylation is 2. The third-order valence-electron chi connectivity index (χ3n) is 7.80. The fraction of sp³-hybridized carbons (Fsp3) is 0.583. The second-order valence-corrected chi connectivity index (χ2v) is 12.2. The summed E-state index contributed by atoms with van der Waals surface area (Å²) in [6.07, 6.45) is 8.46. The van der Waals surface area contributed by atoms with Crippen LogP contribution in [0.5, 0.6) is 0 Å². The normalized spacial score (nSPS) is 23.8. The zero-order chi connectivity index (χ0) is 24.2. The Morgan fingerprint density at radius 1 is 1.18 bits per heavy atom. The summed E-state index contributed by atoms with van der Waals surface area (Å²) in [5.74, 6) is 0.237. The van der Waals surface area contributed by atoms with Gasteiger partial charge in [-0.3, -0.25) is 9.40 Å². The average Bonchev–Trinajstić information content (AvgIpc) is 3.52.